The summed E-state index contributed by atoms with van der Waals surface area (Å²) >= 11 is 0. The summed E-state index contributed by atoms with van der Waals surface area (Å²) in [5.41, 5.74) is 4.15. The van der Waals surface area contributed by atoms with Crippen molar-refractivity contribution in [2.24, 2.45) is 5.73 Å². The van der Waals surface area contributed by atoms with E-state index in [-0.39, 0.29) is 18.5 Å². The molecule has 0 atom stereocenters. The van der Waals surface area contributed by atoms with Crippen LogP contribution in [0.5, 0.6) is 0 Å². The Morgan fingerprint density at radius 1 is 1.18 bits per heavy atom. The van der Waals surface area contributed by atoms with Crippen LogP contribution in [0.25, 0.3) is 0 Å². The van der Waals surface area contributed by atoms with E-state index < -0.39 is 7.82 Å². The molecular formula is CH14N5O4P. The van der Waals surface area contributed by atoms with Crippen LogP contribution in [0.15, 0.2) is 0 Å². The zero-order valence-corrected chi connectivity index (χ0v) is 6.74. The van der Waals surface area contributed by atoms with Gasteiger partial charge in [-0.05, 0) is 0 Å². The van der Waals surface area contributed by atoms with Gasteiger partial charge in [0, 0.05) is 0 Å². The maximum absolute atomic E-state index is 8.88. The fraction of sp³-hybridized carbons (Fsp3) is 0. The van der Waals surface area contributed by atoms with Gasteiger partial charge in [-0.2, -0.15) is 5.26 Å². The van der Waals surface area contributed by atoms with Crippen LogP contribution in [0, 0.1) is 11.5 Å². The van der Waals surface area contributed by atoms with Gasteiger partial charge in [0.2, 0.25) is 0 Å². The molecule has 0 aromatic rings. The van der Waals surface area contributed by atoms with Crippen molar-refractivity contribution in [1.29, 1.82) is 5.26 Å². The number of hydrogen-bond acceptors (Lipinski definition) is 6. The van der Waals surface area contributed by atoms with E-state index in [1.165, 1.54) is 6.19 Å². The molecular weight excluding hydrogens is 177 g/mol. The minimum Gasteiger partial charge on any atom is -0.344 e. The van der Waals surface area contributed by atoms with Crippen LogP contribution >= 0.6 is 7.82 Å². The molecule has 0 aromatic heterocycles. The Bertz CT molecular complexity index is 117. The molecule has 0 aromatic carbocycles. The van der Waals surface area contributed by atoms with Crippen molar-refractivity contribution in [2.75, 3.05) is 0 Å². The van der Waals surface area contributed by atoms with Gasteiger partial charge in [0.25, 0.3) is 0 Å². The van der Waals surface area contributed by atoms with Crippen LogP contribution in [-0.4, -0.2) is 14.7 Å². The molecule has 0 spiro atoms. The molecule has 11 heavy (non-hydrogen) atoms. The first-order valence-corrected chi connectivity index (χ1v) is 2.86. The van der Waals surface area contributed by atoms with E-state index in [0.717, 1.165) is 0 Å². The Labute approximate surface area is 63.8 Å². The first-order valence-electron chi connectivity index (χ1n) is 1.29. The fourth-order valence-electron chi connectivity index (χ4n) is 0. The van der Waals surface area contributed by atoms with Crippen molar-refractivity contribution < 1.29 is 19.2 Å². The van der Waals surface area contributed by atoms with Crippen LogP contribution in [0.1, 0.15) is 0 Å². The summed E-state index contributed by atoms with van der Waals surface area (Å²) in [5, 5.41) is 7.10. The summed E-state index contributed by atoms with van der Waals surface area (Å²) in [7, 11) is -4.64. The number of phosphoric acid groups is 1. The Hall–Kier alpha value is -0.720. The van der Waals surface area contributed by atoms with Gasteiger partial charge in [0.05, 0.1) is 0 Å². The summed E-state index contributed by atoms with van der Waals surface area (Å²) in [6.07, 6.45) is 1.25. The normalized spacial score (nSPS) is 6.00. The quantitative estimate of drug-likeness (QED) is 0.141. The largest absolute Gasteiger partial charge is 0.466 e. The molecule has 0 unspecified atom stereocenters. The monoisotopic (exact) mass is 191 g/mol. The predicted octanol–water partition coefficient (Wildman–Crippen LogP) is -1.02. The molecule has 0 rings (SSSR count). The van der Waals surface area contributed by atoms with Crippen LogP contribution in [-0.2, 0) is 4.57 Å². The lowest BCUT2D eigenvalue weighted by molar-refractivity contribution is 0.275. The highest BCUT2D eigenvalue weighted by molar-refractivity contribution is 7.45. The maximum atomic E-state index is 8.88. The third-order valence-corrected chi connectivity index (χ3v) is 0. The van der Waals surface area contributed by atoms with Crippen molar-refractivity contribution in [3.63, 3.8) is 0 Å². The van der Waals surface area contributed by atoms with Gasteiger partial charge in [0.15, 0.2) is 6.19 Å². The van der Waals surface area contributed by atoms with Gasteiger partial charge in [-0.15, -0.1) is 0 Å². The van der Waals surface area contributed by atoms with Crippen LogP contribution < -0.4 is 24.2 Å². The molecule has 10 heteroatoms. The Balaban J connectivity index is -0.0000000183. The number of rotatable bonds is 0. The van der Waals surface area contributed by atoms with Crippen LogP contribution in [0.3, 0.4) is 0 Å². The first kappa shape index (κ1) is 31.8. The number of nitriles is 1. The van der Waals surface area contributed by atoms with E-state index in [0.29, 0.717) is 0 Å². The summed E-state index contributed by atoms with van der Waals surface area (Å²) < 4.78 is 8.88. The van der Waals surface area contributed by atoms with Crippen molar-refractivity contribution in [1.82, 2.24) is 18.5 Å². The van der Waals surface area contributed by atoms with Gasteiger partial charge in [-0.1, -0.05) is 0 Å². The number of nitrogens with zero attached hydrogens (tertiary/aromatic N) is 1. The molecule has 0 aliphatic rings. The van der Waals surface area contributed by atoms with Crippen molar-refractivity contribution in [3.05, 3.63) is 0 Å². The second kappa shape index (κ2) is 16.1. The summed E-state index contributed by atoms with van der Waals surface area (Å²) in [4.78, 5) is 21.6. The highest BCUT2D eigenvalue weighted by atomic mass is 31.2. The lowest BCUT2D eigenvalue weighted by Gasteiger charge is -1.82. The van der Waals surface area contributed by atoms with E-state index in [1.54, 1.807) is 0 Å². The maximum Gasteiger partial charge on any atom is 0.466 e. The highest BCUT2D eigenvalue weighted by Crippen LogP contribution is 2.25. The fourth-order valence-corrected chi connectivity index (χ4v) is 0. The van der Waals surface area contributed by atoms with Gasteiger partial charge >= 0.3 is 7.82 Å². The lowest BCUT2D eigenvalue weighted by atomic mass is 11.5. The smallest absolute Gasteiger partial charge is 0.344 e. The number of nitrogens with two attached hydrogens (primary N) is 1. The molecule has 9 nitrogen and oxygen atoms in total. The summed E-state index contributed by atoms with van der Waals surface area (Å²) in [6.45, 7) is 0. The lowest BCUT2D eigenvalue weighted by Crippen LogP contribution is -1.69. The highest BCUT2D eigenvalue weighted by Gasteiger charge is 2.00. The summed E-state index contributed by atoms with van der Waals surface area (Å²) in [5.74, 6) is 0. The molecule has 0 radical (unpaired) electrons. The molecule has 0 saturated carbocycles. The molecule has 0 aliphatic heterocycles. The molecule has 14 N–H and O–H groups in total. The zero-order valence-electron chi connectivity index (χ0n) is 5.84. The molecule has 0 bridgehead atoms. The average Bonchev–Trinajstić information content (AvgIpc) is 1.27. The molecule has 0 aliphatic carbocycles. The van der Waals surface area contributed by atoms with Crippen molar-refractivity contribution in [2.45, 2.75) is 0 Å². The molecule has 0 amide bonds. The van der Waals surface area contributed by atoms with Gasteiger partial charge in [-0.25, -0.2) is 4.57 Å². The van der Waals surface area contributed by atoms with Gasteiger partial charge < -0.3 is 38.9 Å². The second-order valence-corrected chi connectivity index (χ2v) is 1.67. The zero-order chi connectivity index (χ0) is 7.21. The van der Waals surface area contributed by atoms with Crippen LogP contribution in [0.4, 0.5) is 0 Å². The molecule has 0 heterocycles. The van der Waals surface area contributed by atoms with Gasteiger partial charge in [-0.3, -0.25) is 0 Å². The first-order chi connectivity index (χ1) is 3.41. The SMILES string of the molecule is N.N.N.N#CN.O=P(O)(O)O. The molecule has 0 saturated heterocycles. The van der Waals surface area contributed by atoms with Crippen LogP contribution in [0.2, 0.25) is 0 Å². The summed E-state index contributed by atoms with van der Waals surface area (Å²) in [6, 6.07) is 0. The van der Waals surface area contributed by atoms with E-state index >= 15 is 0 Å². The number of hydrogen-bond donors (Lipinski definition) is 7. The minimum absolute atomic E-state index is 0. The standard InChI is InChI=1S/CH2N2.3H3N.H3O4P/c2-1-3;;;;1-5(2,3)4/h2H2;3*1H3;(H3,1,2,3,4). The molecule has 0 fully saturated rings. The van der Waals surface area contributed by atoms with Gasteiger partial charge in [0.1, 0.15) is 0 Å². The van der Waals surface area contributed by atoms with E-state index in [4.69, 9.17) is 24.5 Å². The van der Waals surface area contributed by atoms with Crippen molar-refractivity contribution >= 4 is 7.82 Å². The average molecular weight is 191 g/mol. The predicted molar refractivity (Wildman–Crippen MR) is 39.1 cm³/mol. The Morgan fingerprint density at radius 2 is 1.18 bits per heavy atom. The molecule has 72 valence electrons. The third-order valence-electron chi connectivity index (χ3n) is 0. The van der Waals surface area contributed by atoms with E-state index in [1.807, 2.05) is 0 Å². The van der Waals surface area contributed by atoms with E-state index in [2.05, 4.69) is 5.73 Å². The van der Waals surface area contributed by atoms with E-state index in [9.17, 15) is 0 Å². The Morgan fingerprint density at radius 3 is 1.18 bits per heavy atom. The third kappa shape index (κ3) is 949. The minimum atomic E-state index is -4.64. The Kier molecular flexibility index (Phi) is 46.6. The second-order valence-electron chi connectivity index (χ2n) is 0.642. The topological polar surface area (TPSA) is 233 Å². The van der Waals surface area contributed by atoms with Crippen molar-refractivity contribution in [3.8, 4) is 6.19 Å².